The number of halogens is 2. The van der Waals surface area contributed by atoms with Gasteiger partial charge in [0, 0.05) is 24.5 Å². The van der Waals surface area contributed by atoms with E-state index in [-0.39, 0.29) is 0 Å². The van der Waals surface area contributed by atoms with Crippen LogP contribution >= 0.6 is 0 Å². The Morgan fingerprint density at radius 3 is 3.04 bits per heavy atom. The maximum atomic E-state index is 12.3. The SMILES string of the molecule is Cc1cnc(Nc2cnn(CC(F)F)c2)nc1NCC1CCNC1. The summed E-state index contributed by atoms with van der Waals surface area (Å²) in [4.78, 5) is 8.68. The van der Waals surface area contributed by atoms with E-state index in [4.69, 9.17) is 0 Å². The van der Waals surface area contributed by atoms with Crippen molar-refractivity contribution in [3.8, 4) is 0 Å². The lowest BCUT2D eigenvalue weighted by Gasteiger charge is -2.13. The average molecular weight is 337 g/mol. The lowest BCUT2D eigenvalue weighted by molar-refractivity contribution is 0.122. The second-order valence-corrected chi connectivity index (χ2v) is 5.93. The number of anilines is 3. The van der Waals surface area contributed by atoms with E-state index in [0.717, 1.165) is 37.4 Å². The van der Waals surface area contributed by atoms with Gasteiger partial charge in [-0.25, -0.2) is 13.8 Å². The van der Waals surface area contributed by atoms with Crippen molar-refractivity contribution >= 4 is 17.5 Å². The minimum absolute atomic E-state index is 0.407. The van der Waals surface area contributed by atoms with Gasteiger partial charge < -0.3 is 16.0 Å². The van der Waals surface area contributed by atoms with Crippen LogP contribution in [0.15, 0.2) is 18.6 Å². The van der Waals surface area contributed by atoms with Gasteiger partial charge in [-0.1, -0.05) is 0 Å². The van der Waals surface area contributed by atoms with Crippen molar-refractivity contribution in [3.05, 3.63) is 24.2 Å². The monoisotopic (exact) mass is 337 g/mol. The lowest BCUT2D eigenvalue weighted by Crippen LogP contribution is -2.18. The molecule has 2 aromatic heterocycles. The number of hydrogen-bond donors (Lipinski definition) is 3. The highest BCUT2D eigenvalue weighted by Gasteiger charge is 2.15. The third-order valence-electron chi connectivity index (χ3n) is 3.91. The van der Waals surface area contributed by atoms with Crippen molar-refractivity contribution in [1.29, 1.82) is 0 Å². The summed E-state index contributed by atoms with van der Waals surface area (Å²) < 4.78 is 25.9. The Bertz CT molecular complexity index is 668. The Morgan fingerprint density at radius 1 is 1.42 bits per heavy atom. The molecule has 0 saturated carbocycles. The zero-order valence-electron chi connectivity index (χ0n) is 13.5. The maximum absolute atomic E-state index is 12.3. The molecule has 0 spiro atoms. The molecule has 1 atom stereocenters. The van der Waals surface area contributed by atoms with Crippen LogP contribution in [0.3, 0.4) is 0 Å². The molecule has 1 aliphatic heterocycles. The van der Waals surface area contributed by atoms with E-state index in [2.05, 4.69) is 31.0 Å². The second-order valence-electron chi connectivity index (χ2n) is 5.93. The van der Waals surface area contributed by atoms with Crippen LogP contribution in [0.2, 0.25) is 0 Å². The third-order valence-corrected chi connectivity index (χ3v) is 3.91. The van der Waals surface area contributed by atoms with Crippen LogP contribution in [0.1, 0.15) is 12.0 Å². The minimum Gasteiger partial charge on any atom is -0.369 e. The predicted octanol–water partition coefficient (Wildman–Crippen LogP) is 2.01. The molecule has 1 unspecified atom stereocenters. The topological polar surface area (TPSA) is 79.7 Å². The number of aromatic nitrogens is 4. The van der Waals surface area contributed by atoms with Crippen molar-refractivity contribution in [2.45, 2.75) is 26.3 Å². The van der Waals surface area contributed by atoms with Gasteiger partial charge in [0.15, 0.2) is 0 Å². The fourth-order valence-corrected chi connectivity index (χ4v) is 2.61. The summed E-state index contributed by atoms with van der Waals surface area (Å²) in [6.45, 7) is 4.45. The van der Waals surface area contributed by atoms with Gasteiger partial charge in [-0.2, -0.15) is 10.1 Å². The van der Waals surface area contributed by atoms with Crippen LogP contribution in [0, 0.1) is 12.8 Å². The molecular weight excluding hydrogens is 316 g/mol. The van der Waals surface area contributed by atoms with Crippen LogP contribution in [0.4, 0.5) is 26.2 Å². The van der Waals surface area contributed by atoms with Gasteiger partial charge in [0.25, 0.3) is 6.43 Å². The Balaban J connectivity index is 1.63. The van der Waals surface area contributed by atoms with E-state index in [1.165, 1.54) is 17.1 Å². The van der Waals surface area contributed by atoms with E-state index >= 15 is 0 Å². The van der Waals surface area contributed by atoms with Crippen molar-refractivity contribution < 1.29 is 8.78 Å². The molecule has 1 saturated heterocycles. The summed E-state index contributed by atoms with van der Waals surface area (Å²) in [7, 11) is 0. The largest absolute Gasteiger partial charge is 0.369 e. The van der Waals surface area contributed by atoms with E-state index in [0.29, 0.717) is 17.6 Å². The molecule has 0 radical (unpaired) electrons. The summed E-state index contributed by atoms with van der Waals surface area (Å²) in [5, 5.41) is 13.6. The molecule has 2 aromatic rings. The molecule has 0 aliphatic carbocycles. The molecule has 3 rings (SSSR count). The van der Waals surface area contributed by atoms with E-state index in [1.54, 1.807) is 6.20 Å². The van der Waals surface area contributed by atoms with Gasteiger partial charge in [0.2, 0.25) is 5.95 Å². The molecule has 3 N–H and O–H groups in total. The summed E-state index contributed by atoms with van der Waals surface area (Å²) in [5.74, 6) is 1.78. The average Bonchev–Trinajstić information content (AvgIpc) is 3.19. The van der Waals surface area contributed by atoms with Gasteiger partial charge in [0.1, 0.15) is 12.4 Å². The predicted molar refractivity (Wildman–Crippen MR) is 87.7 cm³/mol. The highest BCUT2D eigenvalue weighted by Crippen LogP contribution is 2.18. The van der Waals surface area contributed by atoms with Crippen molar-refractivity contribution in [2.24, 2.45) is 5.92 Å². The minimum atomic E-state index is -2.44. The molecule has 1 aliphatic rings. The smallest absolute Gasteiger partial charge is 0.257 e. The first-order chi connectivity index (χ1) is 11.6. The standard InChI is InChI=1S/C15H21F2N7/c1-10-4-20-15(22-12-7-21-24(8-12)9-13(16)17)23-14(10)19-6-11-2-3-18-5-11/h4,7-8,11,13,18H,2-3,5-6,9H2,1H3,(H2,19,20,22,23). The third kappa shape index (κ3) is 4.38. The number of rotatable bonds is 7. The first kappa shape index (κ1) is 16.6. The first-order valence-corrected chi connectivity index (χ1v) is 7.96. The molecule has 0 bridgehead atoms. The number of hydrogen-bond acceptors (Lipinski definition) is 6. The number of aryl methyl sites for hydroxylation is 1. The Hall–Kier alpha value is -2.29. The molecular formula is C15H21F2N7. The maximum Gasteiger partial charge on any atom is 0.257 e. The summed E-state index contributed by atoms with van der Waals surface area (Å²) in [6, 6.07) is 0. The normalized spacial score (nSPS) is 17.4. The van der Waals surface area contributed by atoms with Crippen LogP contribution in [-0.2, 0) is 6.54 Å². The molecule has 0 aromatic carbocycles. The Kier molecular flexibility index (Phi) is 5.19. The van der Waals surface area contributed by atoms with Crippen LogP contribution < -0.4 is 16.0 Å². The zero-order chi connectivity index (χ0) is 16.9. The fraction of sp³-hybridized carbons (Fsp3) is 0.533. The first-order valence-electron chi connectivity index (χ1n) is 7.96. The molecule has 0 amide bonds. The quantitative estimate of drug-likeness (QED) is 0.717. The Labute approximate surface area is 138 Å². The van der Waals surface area contributed by atoms with Gasteiger partial charge in [-0.15, -0.1) is 0 Å². The fourth-order valence-electron chi connectivity index (χ4n) is 2.61. The summed E-state index contributed by atoms with van der Waals surface area (Å²) in [6.07, 6.45) is 3.43. The summed E-state index contributed by atoms with van der Waals surface area (Å²) >= 11 is 0. The number of nitrogens with zero attached hydrogens (tertiary/aromatic N) is 4. The van der Waals surface area contributed by atoms with Crippen LogP contribution in [-0.4, -0.2) is 45.8 Å². The van der Waals surface area contributed by atoms with E-state index in [1.807, 2.05) is 6.92 Å². The highest BCUT2D eigenvalue weighted by molar-refractivity contribution is 5.54. The van der Waals surface area contributed by atoms with Crippen molar-refractivity contribution in [3.63, 3.8) is 0 Å². The molecule has 3 heterocycles. The molecule has 24 heavy (non-hydrogen) atoms. The lowest BCUT2D eigenvalue weighted by atomic mass is 10.1. The second kappa shape index (κ2) is 7.52. The molecule has 1 fully saturated rings. The van der Waals surface area contributed by atoms with E-state index in [9.17, 15) is 8.78 Å². The van der Waals surface area contributed by atoms with Gasteiger partial charge in [0.05, 0.1) is 11.9 Å². The van der Waals surface area contributed by atoms with Crippen LogP contribution in [0.25, 0.3) is 0 Å². The van der Waals surface area contributed by atoms with Gasteiger partial charge in [-0.3, -0.25) is 4.68 Å². The molecule has 7 nitrogen and oxygen atoms in total. The summed E-state index contributed by atoms with van der Waals surface area (Å²) in [5.41, 5.74) is 1.53. The van der Waals surface area contributed by atoms with Crippen molar-refractivity contribution in [2.75, 3.05) is 30.3 Å². The molecule has 9 heteroatoms. The van der Waals surface area contributed by atoms with Gasteiger partial charge in [-0.05, 0) is 32.4 Å². The van der Waals surface area contributed by atoms with Crippen LogP contribution in [0.5, 0.6) is 0 Å². The zero-order valence-corrected chi connectivity index (χ0v) is 13.5. The number of nitrogens with one attached hydrogen (secondary N) is 3. The number of alkyl halides is 2. The van der Waals surface area contributed by atoms with E-state index < -0.39 is 13.0 Å². The van der Waals surface area contributed by atoms with Gasteiger partial charge >= 0.3 is 0 Å². The Morgan fingerprint density at radius 2 is 2.29 bits per heavy atom. The molecule has 130 valence electrons. The van der Waals surface area contributed by atoms with Crippen molar-refractivity contribution in [1.82, 2.24) is 25.1 Å². The highest BCUT2D eigenvalue weighted by atomic mass is 19.3.